The van der Waals surface area contributed by atoms with Gasteiger partial charge in [0, 0.05) is 20.3 Å². The van der Waals surface area contributed by atoms with Crippen LogP contribution in [0.1, 0.15) is 23.3 Å². The van der Waals surface area contributed by atoms with E-state index >= 15 is 0 Å². The van der Waals surface area contributed by atoms with Crippen molar-refractivity contribution in [3.05, 3.63) is 11.2 Å². The molecule has 1 rings (SSSR count). The lowest BCUT2D eigenvalue weighted by Gasteiger charge is -2.05. The molecule has 0 aromatic carbocycles. The van der Waals surface area contributed by atoms with Gasteiger partial charge < -0.3 is 9.47 Å². The van der Waals surface area contributed by atoms with Crippen LogP contribution >= 0.6 is 11.3 Å². The van der Waals surface area contributed by atoms with Crippen molar-refractivity contribution in [1.29, 1.82) is 0 Å². The second kappa shape index (κ2) is 7.53. The Kier molecular flexibility index (Phi) is 6.35. The highest BCUT2D eigenvalue weighted by Crippen LogP contribution is 2.20. The van der Waals surface area contributed by atoms with Gasteiger partial charge >= 0.3 is 5.97 Å². The van der Waals surface area contributed by atoms with E-state index < -0.39 is 16.0 Å². The average Bonchev–Trinajstić information content (AvgIpc) is 2.87. The van der Waals surface area contributed by atoms with E-state index in [1.165, 1.54) is 12.6 Å². The lowest BCUT2D eigenvalue weighted by atomic mass is 10.3. The van der Waals surface area contributed by atoms with Crippen molar-refractivity contribution in [2.45, 2.75) is 17.1 Å². The van der Waals surface area contributed by atoms with Crippen molar-refractivity contribution < 1.29 is 22.7 Å². The number of carbonyl (C=O) groups excluding carboxylic acids is 1. The van der Waals surface area contributed by atoms with E-state index in [-0.39, 0.29) is 16.4 Å². The summed E-state index contributed by atoms with van der Waals surface area (Å²) >= 11 is 0.881. The summed E-state index contributed by atoms with van der Waals surface area (Å²) in [5.74, 6) is -0.763. The second-order valence-corrected chi connectivity index (χ2v) is 6.39. The van der Waals surface area contributed by atoms with Crippen molar-refractivity contribution in [3.8, 4) is 0 Å². The number of methoxy groups -OCH3 is 2. The van der Waals surface area contributed by atoms with Crippen LogP contribution in [0, 0.1) is 0 Å². The van der Waals surface area contributed by atoms with Gasteiger partial charge in [-0.1, -0.05) is 0 Å². The number of hydrogen-bond acceptors (Lipinski definition) is 7. The normalized spacial score (nSPS) is 11.5. The Labute approximate surface area is 116 Å². The monoisotopic (exact) mass is 308 g/mol. The van der Waals surface area contributed by atoms with Crippen molar-refractivity contribution in [2.75, 3.05) is 27.4 Å². The molecule has 1 heterocycles. The maximum Gasteiger partial charge on any atom is 0.358 e. The third-order valence-electron chi connectivity index (χ3n) is 2.23. The molecule has 0 saturated carbocycles. The lowest BCUT2D eigenvalue weighted by Crippen LogP contribution is -2.26. The number of unbranched alkanes of at least 4 members (excludes halogenated alkanes) is 1. The van der Waals surface area contributed by atoms with E-state index in [0.29, 0.717) is 13.0 Å². The van der Waals surface area contributed by atoms with E-state index in [1.54, 1.807) is 7.11 Å². The Bertz CT molecular complexity index is 512. The molecular weight excluding hydrogens is 292 g/mol. The molecule has 0 atom stereocenters. The number of carbonyl (C=O) groups is 1. The van der Waals surface area contributed by atoms with Gasteiger partial charge in [-0.25, -0.2) is 22.9 Å². The molecule has 0 radical (unpaired) electrons. The predicted octanol–water partition coefficient (Wildman–Crippen LogP) is 0.635. The second-order valence-electron chi connectivity index (χ2n) is 3.58. The molecule has 9 heteroatoms. The molecule has 0 amide bonds. The number of esters is 1. The summed E-state index contributed by atoms with van der Waals surface area (Å²) < 4.78 is 35.6. The third kappa shape index (κ3) is 4.53. The molecule has 0 bridgehead atoms. The average molecular weight is 308 g/mol. The molecular formula is C10H16N2O5S2. The Hall–Kier alpha value is -1.03. The van der Waals surface area contributed by atoms with E-state index in [1.807, 2.05) is 0 Å². The summed E-state index contributed by atoms with van der Waals surface area (Å²) in [7, 11) is -0.961. The smallest absolute Gasteiger partial charge is 0.358 e. The van der Waals surface area contributed by atoms with Crippen LogP contribution in [0.5, 0.6) is 0 Å². The number of thiazole rings is 1. The quantitative estimate of drug-likeness (QED) is 0.559. The first kappa shape index (κ1) is 16.0. The number of hydrogen-bond donors (Lipinski definition) is 1. The van der Waals surface area contributed by atoms with Gasteiger partial charge in [0.1, 0.15) is 0 Å². The number of rotatable bonds is 8. The summed E-state index contributed by atoms with van der Waals surface area (Å²) in [6, 6.07) is 0. The van der Waals surface area contributed by atoms with Crippen LogP contribution in [0.4, 0.5) is 0 Å². The standard InChI is InChI=1S/C10H16N2O5S2/c1-16-6-4-3-5-12-19(14,15)10-8(9(13)17-2)11-7-18-10/h7,12H,3-6H2,1-2H3. The van der Waals surface area contributed by atoms with E-state index in [0.717, 1.165) is 17.8 Å². The molecule has 0 spiro atoms. The molecule has 19 heavy (non-hydrogen) atoms. The van der Waals surface area contributed by atoms with Crippen molar-refractivity contribution in [2.24, 2.45) is 0 Å². The fraction of sp³-hybridized carbons (Fsp3) is 0.600. The zero-order valence-electron chi connectivity index (χ0n) is 10.7. The minimum absolute atomic E-state index is 0.119. The van der Waals surface area contributed by atoms with Gasteiger partial charge in [-0.05, 0) is 12.8 Å². The van der Waals surface area contributed by atoms with Gasteiger partial charge in [0.05, 0.1) is 12.6 Å². The number of sulfonamides is 1. The first-order chi connectivity index (χ1) is 9.03. The number of aromatic nitrogens is 1. The SMILES string of the molecule is COCCCCNS(=O)(=O)c1scnc1C(=O)OC. The zero-order valence-corrected chi connectivity index (χ0v) is 12.3. The molecule has 0 aliphatic carbocycles. The first-order valence-electron chi connectivity index (χ1n) is 5.53. The summed E-state index contributed by atoms with van der Waals surface area (Å²) in [5, 5.41) is 0. The van der Waals surface area contributed by atoms with Crippen LogP contribution < -0.4 is 4.72 Å². The molecule has 1 N–H and O–H groups in total. The molecule has 0 aliphatic heterocycles. The van der Waals surface area contributed by atoms with Crippen LogP contribution in [0.25, 0.3) is 0 Å². The Morgan fingerprint density at radius 1 is 1.42 bits per heavy atom. The Morgan fingerprint density at radius 3 is 2.79 bits per heavy atom. The van der Waals surface area contributed by atoms with Crippen LogP contribution in [-0.4, -0.2) is 46.7 Å². The Balaban J connectivity index is 2.67. The molecule has 1 aromatic heterocycles. The number of nitrogens with zero attached hydrogens (tertiary/aromatic N) is 1. The molecule has 0 fully saturated rings. The minimum atomic E-state index is -3.73. The van der Waals surface area contributed by atoms with Gasteiger partial charge in [0.25, 0.3) is 10.0 Å². The van der Waals surface area contributed by atoms with Crippen molar-refractivity contribution >= 4 is 27.3 Å². The number of nitrogens with one attached hydrogen (secondary N) is 1. The van der Waals surface area contributed by atoms with Gasteiger partial charge in [0.15, 0.2) is 9.90 Å². The topological polar surface area (TPSA) is 94.6 Å². The van der Waals surface area contributed by atoms with Gasteiger partial charge in [-0.3, -0.25) is 0 Å². The van der Waals surface area contributed by atoms with Crippen LogP contribution in [0.2, 0.25) is 0 Å². The molecule has 1 aromatic rings. The largest absolute Gasteiger partial charge is 0.464 e. The zero-order chi connectivity index (χ0) is 14.3. The van der Waals surface area contributed by atoms with E-state index in [4.69, 9.17) is 4.74 Å². The lowest BCUT2D eigenvalue weighted by molar-refractivity contribution is 0.0590. The highest BCUT2D eigenvalue weighted by molar-refractivity contribution is 7.91. The molecule has 0 unspecified atom stereocenters. The van der Waals surface area contributed by atoms with Crippen LogP contribution in [0.15, 0.2) is 9.72 Å². The van der Waals surface area contributed by atoms with E-state index in [2.05, 4.69) is 14.4 Å². The van der Waals surface area contributed by atoms with Crippen molar-refractivity contribution in [3.63, 3.8) is 0 Å². The summed E-state index contributed by atoms with van der Waals surface area (Å²) in [4.78, 5) is 15.1. The fourth-order valence-electron chi connectivity index (χ4n) is 1.30. The minimum Gasteiger partial charge on any atom is -0.464 e. The Morgan fingerprint density at radius 2 is 2.16 bits per heavy atom. The predicted molar refractivity (Wildman–Crippen MR) is 69.8 cm³/mol. The maximum atomic E-state index is 12.0. The van der Waals surface area contributed by atoms with Gasteiger partial charge in [0.2, 0.25) is 0 Å². The third-order valence-corrected chi connectivity index (χ3v) is 5.06. The van der Waals surface area contributed by atoms with Crippen LogP contribution in [-0.2, 0) is 19.5 Å². The molecule has 7 nitrogen and oxygen atoms in total. The van der Waals surface area contributed by atoms with Crippen LogP contribution in [0.3, 0.4) is 0 Å². The van der Waals surface area contributed by atoms with Gasteiger partial charge in [-0.2, -0.15) is 0 Å². The summed E-state index contributed by atoms with van der Waals surface area (Å²) in [6.45, 7) is 0.861. The van der Waals surface area contributed by atoms with E-state index in [9.17, 15) is 13.2 Å². The molecule has 0 aliphatic rings. The molecule has 0 saturated heterocycles. The van der Waals surface area contributed by atoms with Crippen molar-refractivity contribution in [1.82, 2.24) is 9.71 Å². The number of ether oxygens (including phenoxy) is 2. The highest BCUT2D eigenvalue weighted by atomic mass is 32.2. The summed E-state index contributed by atoms with van der Waals surface area (Å²) in [5.41, 5.74) is 1.11. The first-order valence-corrected chi connectivity index (χ1v) is 7.89. The molecule has 108 valence electrons. The highest BCUT2D eigenvalue weighted by Gasteiger charge is 2.25. The summed E-state index contributed by atoms with van der Waals surface area (Å²) in [6.07, 6.45) is 1.41. The van der Waals surface area contributed by atoms with Gasteiger partial charge in [-0.15, -0.1) is 11.3 Å². The fourth-order valence-corrected chi connectivity index (χ4v) is 3.55. The maximum absolute atomic E-state index is 12.0.